The fourth-order valence-corrected chi connectivity index (χ4v) is 3.14. The molecule has 19 heavy (non-hydrogen) atoms. The molecule has 2 heteroatoms. The molecule has 1 heterocycles. The molecule has 0 radical (unpaired) electrons. The highest BCUT2D eigenvalue weighted by molar-refractivity contribution is 4.81. The zero-order chi connectivity index (χ0) is 14.3. The zero-order valence-corrected chi connectivity index (χ0v) is 14.0. The van der Waals surface area contributed by atoms with Gasteiger partial charge < -0.3 is 10.2 Å². The van der Waals surface area contributed by atoms with Crippen LogP contribution in [0.3, 0.4) is 0 Å². The van der Waals surface area contributed by atoms with Gasteiger partial charge in [0.05, 0.1) is 0 Å². The van der Waals surface area contributed by atoms with Crippen molar-refractivity contribution in [1.29, 1.82) is 0 Å². The van der Waals surface area contributed by atoms with Crippen LogP contribution in [0.1, 0.15) is 73.1 Å². The number of hydrogen-bond donors (Lipinski definition) is 1. The molecule has 1 atom stereocenters. The van der Waals surface area contributed by atoms with E-state index in [0.717, 1.165) is 12.0 Å². The summed E-state index contributed by atoms with van der Waals surface area (Å²) in [5, 5.41) is 3.57. The van der Waals surface area contributed by atoms with Crippen molar-refractivity contribution in [3.8, 4) is 0 Å². The number of rotatable bonds is 8. The molecular formula is C17H36N2. The van der Waals surface area contributed by atoms with Crippen molar-refractivity contribution < 1.29 is 0 Å². The summed E-state index contributed by atoms with van der Waals surface area (Å²) in [6, 6.07) is 0.863. The quantitative estimate of drug-likeness (QED) is 0.668. The zero-order valence-electron chi connectivity index (χ0n) is 14.0. The van der Waals surface area contributed by atoms with E-state index in [-0.39, 0.29) is 5.54 Å². The summed E-state index contributed by atoms with van der Waals surface area (Å²) < 4.78 is 0. The first-order chi connectivity index (χ1) is 8.90. The van der Waals surface area contributed by atoms with Crippen LogP contribution in [-0.2, 0) is 0 Å². The first-order valence-corrected chi connectivity index (χ1v) is 8.39. The van der Waals surface area contributed by atoms with Crippen LogP contribution in [0.2, 0.25) is 0 Å². The van der Waals surface area contributed by atoms with E-state index >= 15 is 0 Å². The highest BCUT2D eigenvalue weighted by Gasteiger charge is 2.25. The Hall–Kier alpha value is -0.0800. The molecule has 1 fully saturated rings. The van der Waals surface area contributed by atoms with Crippen molar-refractivity contribution in [2.75, 3.05) is 19.6 Å². The fraction of sp³-hybridized carbons (Fsp3) is 1.00. The summed E-state index contributed by atoms with van der Waals surface area (Å²) in [6.45, 7) is 15.3. The molecule has 114 valence electrons. The molecular weight excluding hydrogens is 232 g/mol. The lowest BCUT2D eigenvalue weighted by atomic mass is 10.0. The van der Waals surface area contributed by atoms with Crippen LogP contribution in [0.4, 0.5) is 0 Å². The molecule has 0 spiro atoms. The summed E-state index contributed by atoms with van der Waals surface area (Å²) >= 11 is 0. The monoisotopic (exact) mass is 268 g/mol. The molecule has 1 saturated heterocycles. The summed E-state index contributed by atoms with van der Waals surface area (Å²) in [5.41, 5.74) is 0.278. The Labute approximate surface area is 121 Å². The van der Waals surface area contributed by atoms with E-state index in [1.165, 1.54) is 58.2 Å². The maximum absolute atomic E-state index is 3.57. The van der Waals surface area contributed by atoms with Crippen LogP contribution in [-0.4, -0.2) is 36.1 Å². The Morgan fingerprint density at radius 3 is 2.42 bits per heavy atom. The maximum atomic E-state index is 3.57. The molecule has 0 amide bonds. The lowest BCUT2D eigenvalue weighted by Gasteiger charge is -2.27. The van der Waals surface area contributed by atoms with Crippen LogP contribution in [0.25, 0.3) is 0 Å². The van der Waals surface area contributed by atoms with E-state index in [1.807, 2.05) is 0 Å². The highest BCUT2D eigenvalue weighted by atomic mass is 15.2. The first-order valence-electron chi connectivity index (χ1n) is 8.39. The molecule has 0 bridgehead atoms. The van der Waals surface area contributed by atoms with Crippen molar-refractivity contribution in [1.82, 2.24) is 10.2 Å². The Bertz CT molecular complexity index is 230. The molecule has 0 aromatic heterocycles. The van der Waals surface area contributed by atoms with Gasteiger partial charge in [-0.25, -0.2) is 0 Å². The molecule has 0 aliphatic carbocycles. The standard InChI is InChI=1S/C17H36N2/c1-15(2)16-11-10-14-19(16)13-9-7-6-8-12-18-17(3,4)5/h15-16,18H,6-14H2,1-5H3. The number of unbranched alkanes of at least 4 members (excludes halogenated alkanes) is 3. The lowest BCUT2D eigenvalue weighted by molar-refractivity contribution is 0.202. The molecule has 1 aliphatic heterocycles. The molecule has 1 rings (SSSR count). The third-order valence-corrected chi connectivity index (χ3v) is 4.21. The average molecular weight is 268 g/mol. The topological polar surface area (TPSA) is 15.3 Å². The fourth-order valence-electron chi connectivity index (χ4n) is 3.14. The van der Waals surface area contributed by atoms with E-state index in [9.17, 15) is 0 Å². The van der Waals surface area contributed by atoms with Gasteiger partial charge in [-0.2, -0.15) is 0 Å². The van der Waals surface area contributed by atoms with E-state index in [0.29, 0.717) is 0 Å². The van der Waals surface area contributed by atoms with Gasteiger partial charge in [-0.15, -0.1) is 0 Å². The minimum Gasteiger partial charge on any atom is -0.312 e. The minimum atomic E-state index is 0.278. The van der Waals surface area contributed by atoms with Gasteiger partial charge in [-0.1, -0.05) is 26.7 Å². The van der Waals surface area contributed by atoms with Crippen molar-refractivity contribution >= 4 is 0 Å². The van der Waals surface area contributed by atoms with Gasteiger partial charge >= 0.3 is 0 Å². The molecule has 0 aromatic rings. The maximum Gasteiger partial charge on any atom is 0.0119 e. The van der Waals surface area contributed by atoms with E-state index < -0.39 is 0 Å². The van der Waals surface area contributed by atoms with Crippen molar-refractivity contribution in [2.45, 2.75) is 84.7 Å². The summed E-state index contributed by atoms with van der Waals surface area (Å²) in [7, 11) is 0. The Kier molecular flexibility index (Phi) is 7.38. The minimum absolute atomic E-state index is 0.278. The van der Waals surface area contributed by atoms with Crippen molar-refractivity contribution in [3.05, 3.63) is 0 Å². The first kappa shape index (κ1) is 17.0. The predicted octanol–water partition coefficient (Wildman–Crippen LogP) is 4.06. The number of hydrogen-bond acceptors (Lipinski definition) is 2. The van der Waals surface area contributed by atoms with Gasteiger partial charge in [-0.05, 0) is 72.0 Å². The number of nitrogens with zero attached hydrogens (tertiary/aromatic N) is 1. The molecule has 1 aliphatic rings. The van der Waals surface area contributed by atoms with Crippen molar-refractivity contribution in [2.24, 2.45) is 5.92 Å². The second-order valence-electron chi connectivity index (χ2n) is 7.58. The van der Waals surface area contributed by atoms with Crippen LogP contribution in [0, 0.1) is 5.92 Å². The van der Waals surface area contributed by atoms with Crippen molar-refractivity contribution in [3.63, 3.8) is 0 Å². The molecule has 0 aromatic carbocycles. The summed E-state index contributed by atoms with van der Waals surface area (Å²) in [4.78, 5) is 2.73. The van der Waals surface area contributed by atoms with E-state index in [2.05, 4.69) is 44.8 Å². The summed E-state index contributed by atoms with van der Waals surface area (Å²) in [5.74, 6) is 0.832. The van der Waals surface area contributed by atoms with Gasteiger partial charge in [0.15, 0.2) is 0 Å². The van der Waals surface area contributed by atoms with Gasteiger partial charge in [0.1, 0.15) is 0 Å². The lowest BCUT2D eigenvalue weighted by Crippen LogP contribution is -2.36. The highest BCUT2D eigenvalue weighted by Crippen LogP contribution is 2.23. The normalized spacial score (nSPS) is 21.5. The average Bonchev–Trinajstić information content (AvgIpc) is 2.74. The Morgan fingerprint density at radius 2 is 1.79 bits per heavy atom. The van der Waals surface area contributed by atoms with Crippen LogP contribution in [0.5, 0.6) is 0 Å². The Balaban J connectivity index is 1.99. The second-order valence-corrected chi connectivity index (χ2v) is 7.58. The van der Waals surface area contributed by atoms with Gasteiger partial charge in [0, 0.05) is 11.6 Å². The van der Waals surface area contributed by atoms with Crippen LogP contribution < -0.4 is 5.32 Å². The molecule has 2 nitrogen and oxygen atoms in total. The summed E-state index contributed by atoms with van der Waals surface area (Å²) in [6.07, 6.45) is 8.32. The SMILES string of the molecule is CC(C)C1CCCN1CCCCCCNC(C)(C)C. The smallest absolute Gasteiger partial charge is 0.0119 e. The largest absolute Gasteiger partial charge is 0.312 e. The van der Waals surface area contributed by atoms with E-state index in [1.54, 1.807) is 0 Å². The van der Waals surface area contributed by atoms with Gasteiger partial charge in [0.2, 0.25) is 0 Å². The molecule has 1 unspecified atom stereocenters. The Morgan fingerprint density at radius 1 is 1.11 bits per heavy atom. The van der Waals surface area contributed by atoms with E-state index in [4.69, 9.17) is 0 Å². The third kappa shape index (κ3) is 7.31. The predicted molar refractivity (Wildman–Crippen MR) is 85.7 cm³/mol. The van der Waals surface area contributed by atoms with Gasteiger partial charge in [-0.3, -0.25) is 0 Å². The number of likely N-dealkylation sites (tertiary alicyclic amines) is 1. The number of nitrogens with one attached hydrogen (secondary N) is 1. The van der Waals surface area contributed by atoms with Crippen LogP contribution >= 0.6 is 0 Å². The molecule has 0 saturated carbocycles. The second kappa shape index (κ2) is 8.26. The van der Waals surface area contributed by atoms with Gasteiger partial charge in [0.25, 0.3) is 0 Å². The van der Waals surface area contributed by atoms with Crippen LogP contribution in [0.15, 0.2) is 0 Å². The molecule has 1 N–H and O–H groups in total. The third-order valence-electron chi connectivity index (χ3n) is 4.21.